The number of phenolic OH excluding ortho intramolecular Hbond substituents is 1. The lowest BCUT2D eigenvalue weighted by atomic mass is 10.0. The molecule has 0 spiro atoms. The molecule has 0 saturated heterocycles. The lowest BCUT2D eigenvalue weighted by Crippen LogP contribution is -2.39. The van der Waals surface area contributed by atoms with Gasteiger partial charge < -0.3 is 15.5 Å². The zero-order valence-electron chi connectivity index (χ0n) is 10.9. The molecular weight excluding hydrogens is 230 g/mol. The summed E-state index contributed by atoms with van der Waals surface area (Å²) < 4.78 is 0. The fourth-order valence-corrected chi connectivity index (χ4v) is 1.83. The van der Waals surface area contributed by atoms with E-state index in [1.165, 1.54) is 0 Å². The van der Waals surface area contributed by atoms with Crippen molar-refractivity contribution < 1.29 is 15.0 Å². The summed E-state index contributed by atoms with van der Waals surface area (Å²) in [6, 6.07) is 6.35. The van der Waals surface area contributed by atoms with Crippen LogP contribution in [0.4, 0.5) is 0 Å². The number of rotatable bonds is 6. The quantitative estimate of drug-likeness (QED) is 0.717. The van der Waals surface area contributed by atoms with E-state index in [0.717, 1.165) is 12.0 Å². The predicted octanol–water partition coefficient (Wildman–Crippen LogP) is 1.46. The van der Waals surface area contributed by atoms with Crippen LogP contribution in [-0.4, -0.2) is 28.8 Å². The second-order valence-electron chi connectivity index (χ2n) is 4.92. The zero-order chi connectivity index (χ0) is 13.5. The van der Waals surface area contributed by atoms with E-state index >= 15 is 0 Å². The second kappa shape index (κ2) is 7.01. The molecule has 0 aliphatic carbocycles. The molecule has 1 aromatic carbocycles. The summed E-state index contributed by atoms with van der Waals surface area (Å²) in [4.78, 5) is 11.8. The maximum atomic E-state index is 11.8. The van der Waals surface area contributed by atoms with Gasteiger partial charge in [0.05, 0.1) is 19.1 Å². The molecule has 18 heavy (non-hydrogen) atoms. The van der Waals surface area contributed by atoms with Gasteiger partial charge in [0.15, 0.2) is 0 Å². The fraction of sp³-hybridized carbons (Fsp3) is 0.500. The highest BCUT2D eigenvalue weighted by molar-refractivity contribution is 5.78. The smallest absolute Gasteiger partial charge is 0.224 e. The zero-order valence-corrected chi connectivity index (χ0v) is 10.9. The van der Waals surface area contributed by atoms with Crippen LogP contribution in [-0.2, 0) is 11.2 Å². The van der Waals surface area contributed by atoms with Crippen molar-refractivity contribution in [1.82, 2.24) is 5.32 Å². The van der Waals surface area contributed by atoms with E-state index in [0.29, 0.717) is 5.92 Å². The van der Waals surface area contributed by atoms with Gasteiger partial charge in [-0.25, -0.2) is 0 Å². The Hall–Kier alpha value is -1.55. The van der Waals surface area contributed by atoms with Gasteiger partial charge in [0.2, 0.25) is 5.91 Å². The molecule has 4 heteroatoms. The first kappa shape index (κ1) is 14.5. The van der Waals surface area contributed by atoms with Crippen molar-refractivity contribution in [3.05, 3.63) is 29.8 Å². The summed E-state index contributed by atoms with van der Waals surface area (Å²) in [5, 5.41) is 21.1. The molecule has 1 unspecified atom stereocenters. The van der Waals surface area contributed by atoms with Crippen molar-refractivity contribution >= 4 is 5.91 Å². The molecule has 3 N–H and O–H groups in total. The lowest BCUT2D eigenvalue weighted by Gasteiger charge is -2.18. The third kappa shape index (κ3) is 5.19. The lowest BCUT2D eigenvalue weighted by molar-refractivity contribution is -0.121. The van der Waals surface area contributed by atoms with Gasteiger partial charge in [-0.3, -0.25) is 4.79 Å². The summed E-state index contributed by atoms with van der Waals surface area (Å²) >= 11 is 0. The Morgan fingerprint density at radius 1 is 1.28 bits per heavy atom. The first-order valence-electron chi connectivity index (χ1n) is 6.19. The second-order valence-corrected chi connectivity index (χ2v) is 4.92. The largest absolute Gasteiger partial charge is 0.508 e. The molecule has 0 radical (unpaired) electrons. The molecule has 0 bridgehead atoms. The normalized spacial score (nSPS) is 12.4. The summed E-state index contributed by atoms with van der Waals surface area (Å²) in [7, 11) is 0. The molecule has 0 fully saturated rings. The highest BCUT2D eigenvalue weighted by Crippen LogP contribution is 2.10. The average molecular weight is 251 g/mol. The van der Waals surface area contributed by atoms with Gasteiger partial charge >= 0.3 is 0 Å². The maximum Gasteiger partial charge on any atom is 0.224 e. The van der Waals surface area contributed by atoms with Crippen molar-refractivity contribution in [3.8, 4) is 5.75 Å². The Labute approximate surface area is 108 Å². The van der Waals surface area contributed by atoms with Crippen molar-refractivity contribution in [3.63, 3.8) is 0 Å². The van der Waals surface area contributed by atoms with Crippen molar-refractivity contribution in [2.24, 2.45) is 5.92 Å². The van der Waals surface area contributed by atoms with Crippen LogP contribution in [0.2, 0.25) is 0 Å². The van der Waals surface area contributed by atoms with Crippen LogP contribution in [0.1, 0.15) is 25.8 Å². The highest BCUT2D eigenvalue weighted by atomic mass is 16.3. The van der Waals surface area contributed by atoms with Gasteiger partial charge in [-0.1, -0.05) is 26.0 Å². The maximum absolute atomic E-state index is 11.8. The molecule has 0 aliphatic rings. The number of amides is 1. The van der Waals surface area contributed by atoms with Crippen LogP contribution in [0, 0.1) is 5.92 Å². The monoisotopic (exact) mass is 251 g/mol. The molecule has 100 valence electrons. The standard InChI is InChI=1S/C14H21NO3/c1-10(2)7-12(9-16)15-14(18)8-11-3-5-13(17)6-4-11/h3-6,10,12,16-17H,7-9H2,1-2H3,(H,15,18). The summed E-state index contributed by atoms with van der Waals surface area (Å²) in [5.74, 6) is 0.503. The van der Waals surface area contributed by atoms with E-state index in [2.05, 4.69) is 19.2 Å². The van der Waals surface area contributed by atoms with Crippen LogP contribution in [0.5, 0.6) is 5.75 Å². The number of aliphatic hydroxyl groups excluding tert-OH is 1. The minimum absolute atomic E-state index is 0.0422. The van der Waals surface area contributed by atoms with E-state index in [9.17, 15) is 9.90 Å². The Balaban J connectivity index is 2.47. The highest BCUT2D eigenvalue weighted by Gasteiger charge is 2.13. The Morgan fingerprint density at radius 3 is 2.39 bits per heavy atom. The number of phenols is 1. The minimum Gasteiger partial charge on any atom is -0.508 e. The third-order valence-corrected chi connectivity index (χ3v) is 2.64. The molecular formula is C14H21NO3. The topological polar surface area (TPSA) is 69.6 Å². The van der Waals surface area contributed by atoms with Gasteiger partial charge in [0.1, 0.15) is 5.75 Å². The van der Waals surface area contributed by atoms with E-state index in [1.54, 1.807) is 24.3 Å². The van der Waals surface area contributed by atoms with Crippen molar-refractivity contribution in [2.45, 2.75) is 32.7 Å². The van der Waals surface area contributed by atoms with Gasteiger partial charge in [-0.05, 0) is 30.0 Å². The van der Waals surface area contributed by atoms with E-state index in [-0.39, 0.29) is 30.7 Å². The molecule has 4 nitrogen and oxygen atoms in total. The summed E-state index contributed by atoms with van der Waals surface area (Å²) in [6.45, 7) is 4.06. The van der Waals surface area contributed by atoms with Gasteiger partial charge in [0, 0.05) is 0 Å². The first-order valence-corrected chi connectivity index (χ1v) is 6.19. The number of aromatic hydroxyl groups is 1. The fourth-order valence-electron chi connectivity index (χ4n) is 1.83. The molecule has 0 heterocycles. The minimum atomic E-state index is -0.186. The van der Waals surface area contributed by atoms with E-state index in [4.69, 9.17) is 5.11 Å². The van der Waals surface area contributed by atoms with Gasteiger partial charge in [0.25, 0.3) is 0 Å². The van der Waals surface area contributed by atoms with E-state index < -0.39 is 0 Å². The first-order chi connectivity index (χ1) is 8.51. The molecule has 1 amide bonds. The molecule has 0 saturated carbocycles. The molecule has 1 atom stereocenters. The number of aliphatic hydroxyl groups is 1. The van der Waals surface area contributed by atoms with Crippen LogP contribution in [0.3, 0.4) is 0 Å². The Bertz CT molecular complexity index is 373. The number of hydrogen-bond donors (Lipinski definition) is 3. The van der Waals surface area contributed by atoms with Crippen LogP contribution in [0.15, 0.2) is 24.3 Å². The number of benzene rings is 1. The average Bonchev–Trinajstić information content (AvgIpc) is 2.30. The molecule has 0 aromatic heterocycles. The number of hydrogen-bond acceptors (Lipinski definition) is 3. The number of carbonyl (C=O) groups is 1. The van der Waals surface area contributed by atoms with Gasteiger partial charge in [-0.15, -0.1) is 0 Å². The predicted molar refractivity (Wildman–Crippen MR) is 70.3 cm³/mol. The van der Waals surface area contributed by atoms with Crippen molar-refractivity contribution in [2.75, 3.05) is 6.61 Å². The molecule has 0 aliphatic heterocycles. The summed E-state index contributed by atoms with van der Waals surface area (Å²) in [5.41, 5.74) is 0.839. The number of nitrogens with one attached hydrogen (secondary N) is 1. The van der Waals surface area contributed by atoms with Crippen molar-refractivity contribution in [1.29, 1.82) is 0 Å². The molecule has 1 rings (SSSR count). The Morgan fingerprint density at radius 2 is 1.89 bits per heavy atom. The molecule has 1 aromatic rings. The van der Waals surface area contributed by atoms with E-state index in [1.807, 2.05) is 0 Å². The summed E-state index contributed by atoms with van der Waals surface area (Å²) in [6.07, 6.45) is 1.02. The van der Waals surface area contributed by atoms with Crippen LogP contribution in [0.25, 0.3) is 0 Å². The number of carbonyl (C=O) groups excluding carboxylic acids is 1. The van der Waals surface area contributed by atoms with Crippen LogP contribution >= 0.6 is 0 Å². The van der Waals surface area contributed by atoms with Gasteiger partial charge in [-0.2, -0.15) is 0 Å². The SMILES string of the molecule is CC(C)CC(CO)NC(=O)Cc1ccc(O)cc1. The van der Waals surface area contributed by atoms with Crippen LogP contribution < -0.4 is 5.32 Å². The third-order valence-electron chi connectivity index (χ3n) is 2.64. The Kier molecular flexibility index (Phi) is 5.65.